The van der Waals surface area contributed by atoms with Crippen molar-refractivity contribution in [1.29, 1.82) is 0 Å². The number of carbonyl (C=O) groups excluding carboxylic acids is 1. The zero-order valence-corrected chi connectivity index (χ0v) is 14.9. The zero-order chi connectivity index (χ0) is 17.9. The van der Waals surface area contributed by atoms with E-state index in [4.69, 9.17) is 22.7 Å². The molecule has 1 saturated heterocycles. The minimum atomic E-state index is -0.534. The van der Waals surface area contributed by atoms with Crippen LogP contribution in [0.5, 0.6) is 0 Å². The summed E-state index contributed by atoms with van der Waals surface area (Å²) in [6.07, 6.45) is 0.332. The Balaban J connectivity index is 2.03. The smallest absolute Gasteiger partial charge is 0.407 e. The van der Waals surface area contributed by atoms with Crippen molar-refractivity contribution in [3.8, 4) is 0 Å². The van der Waals surface area contributed by atoms with Gasteiger partial charge in [0.05, 0.1) is 17.4 Å². The monoisotopic (exact) mass is 354 g/mol. The largest absolute Gasteiger partial charge is 0.444 e. The van der Waals surface area contributed by atoms with Gasteiger partial charge in [-0.05, 0) is 57.6 Å². The Kier molecular flexibility index (Phi) is 5.48. The molecule has 0 saturated carbocycles. The summed E-state index contributed by atoms with van der Waals surface area (Å²) in [4.78, 5) is 13.9. The number of nitrogens with one attached hydrogen (secondary N) is 2. The number of nitrogens with two attached hydrogens (primary N) is 1. The Bertz CT molecular complexity index is 633. The molecule has 0 bridgehead atoms. The molecule has 1 aliphatic heterocycles. The van der Waals surface area contributed by atoms with Gasteiger partial charge in [0.2, 0.25) is 0 Å². The van der Waals surface area contributed by atoms with Crippen molar-refractivity contribution in [2.24, 2.45) is 5.73 Å². The van der Waals surface area contributed by atoms with Crippen LogP contribution in [0.4, 0.5) is 20.6 Å². The van der Waals surface area contributed by atoms with Crippen molar-refractivity contribution in [3.05, 3.63) is 24.0 Å². The van der Waals surface area contributed by atoms with E-state index >= 15 is 0 Å². The molecule has 0 aliphatic carbocycles. The number of hydrogen-bond acceptors (Lipinski definition) is 4. The molecule has 0 spiro atoms. The summed E-state index contributed by atoms with van der Waals surface area (Å²) in [5, 5.41) is 5.73. The first-order valence-corrected chi connectivity index (χ1v) is 8.15. The first-order chi connectivity index (χ1) is 11.1. The number of alkyl carbamates (subject to hydrolysis) is 1. The first-order valence-electron chi connectivity index (χ1n) is 7.74. The molecule has 24 heavy (non-hydrogen) atoms. The van der Waals surface area contributed by atoms with Gasteiger partial charge in [-0.3, -0.25) is 0 Å². The molecule has 1 aliphatic rings. The number of amides is 1. The van der Waals surface area contributed by atoms with Gasteiger partial charge in [-0.2, -0.15) is 0 Å². The van der Waals surface area contributed by atoms with Crippen LogP contribution >= 0.6 is 12.2 Å². The molecule has 0 aromatic heterocycles. The third-order valence-electron chi connectivity index (χ3n) is 3.47. The van der Waals surface area contributed by atoms with Crippen LogP contribution in [-0.4, -0.2) is 35.9 Å². The van der Waals surface area contributed by atoms with Crippen LogP contribution in [-0.2, 0) is 4.74 Å². The zero-order valence-electron chi connectivity index (χ0n) is 14.1. The van der Waals surface area contributed by atoms with Gasteiger partial charge in [0.15, 0.2) is 5.11 Å². The van der Waals surface area contributed by atoms with Crippen molar-refractivity contribution in [2.45, 2.75) is 38.8 Å². The fourth-order valence-corrected chi connectivity index (χ4v) is 2.70. The lowest BCUT2D eigenvalue weighted by Gasteiger charge is -2.24. The van der Waals surface area contributed by atoms with Crippen LogP contribution in [0.25, 0.3) is 0 Å². The van der Waals surface area contributed by atoms with Crippen molar-refractivity contribution in [1.82, 2.24) is 5.32 Å². The molecule has 1 aromatic carbocycles. The maximum Gasteiger partial charge on any atom is 0.407 e. The number of thiocarbonyl (C=S) groups is 1. The molecule has 8 heteroatoms. The van der Waals surface area contributed by atoms with E-state index in [1.807, 2.05) is 25.7 Å². The molecular formula is C16H23FN4O2S. The summed E-state index contributed by atoms with van der Waals surface area (Å²) in [5.74, 6) is -0.375. The van der Waals surface area contributed by atoms with Gasteiger partial charge in [-0.1, -0.05) is 0 Å². The summed E-state index contributed by atoms with van der Waals surface area (Å²) in [7, 11) is 0. The van der Waals surface area contributed by atoms with E-state index in [1.54, 1.807) is 6.07 Å². The predicted molar refractivity (Wildman–Crippen MR) is 96.8 cm³/mol. The highest BCUT2D eigenvalue weighted by Gasteiger charge is 2.27. The molecule has 1 amide bonds. The quantitative estimate of drug-likeness (QED) is 0.724. The molecule has 4 N–H and O–H groups in total. The third kappa shape index (κ3) is 5.23. The third-order valence-corrected chi connectivity index (χ3v) is 3.57. The Labute approximate surface area is 146 Å². The summed E-state index contributed by atoms with van der Waals surface area (Å²) in [5.41, 5.74) is 6.27. The average Bonchev–Trinajstić information content (AvgIpc) is 2.83. The topological polar surface area (TPSA) is 79.6 Å². The standard InChI is InChI=1S/C16H23FN4O2S/c1-16(2,3)23-15(22)19-11-6-7-21(9-11)13-5-4-10(17)8-12(13)20-14(18)24/h4-5,8,11H,6-7,9H2,1-3H3,(H,19,22)(H3,18,20,24). The van der Waals surface area contributed by atoms with Gasteiger partial charge in [-0.15, -0.1) is 0 Å². The van der Waals surface area contributed by atoms with Crippen molar-refractivity contribution >= 4 is 34.8 Å². The second-order valence-electron chi connectivity index (χ2n) is 6.73. The van der Waals surface area contributed by atoms with Crippen molar-refractivity contribution < 1.29 is 13.9 Å². The molecular weight excluding hydrogens is 331 g/mol. The fraction of sp³-hybridized carbons (Fsp3) is 0.500. The normalized spacial score (nSPS) is 17.5. The molecule has 1 heterocycles. The van der Waals surface area contributed by atoms with E-state index < -0.39 is 11.7 Å². The summed E-state index contributed by atoms with van der Waals surface area (Å²) in [6, 6.07) is 4.37. The lowest BCUT2D eigenvalue weighted by atomic mass is 10.2. The van der Waals surface area contributed by atoms with Gasteiger partial charge in [0.1, 0.15) is 11.4 Å². The van der Waals surface area contributed by atoms with Crippen LogP contribution in [0.15, 0.2) is 18.2 Å². The highest BCUT2D eigenvalue weighted by molar-refractivity contribution is 7.80. The van der Waals surface area contributed by atoms with Crippen molar-refractivity contribution in [3.63, 3.8) is 0 Å². The molecule has 132 valence electrons. The second kappa shape index (κ2) is 7.21. The molecule has 1 fully saturated rings. The van der Waals surface area contributed by atoms with Crippen LogP contribution in [0.3, 0.4) is 0 Å². The van der Waals surface area contributed by atoms with E-state index in [2.05, 4.69) is 10.6 Å². The van der Waals surface area contributed by atoms with Crippen LogP contribution in [0, 0.1) is 5.82 Å². The maximum atomic E-state index is 13.5. The molecule has 1 aromatic rings. The second-order valence-corrected chi connectivity index (χ2v) is 7.17. The van der Waals surface area contributed by atoms with E-state index in [-0.39, 0.29) is 17.0 Å². The number of anilines is 2. The number of carbonyl (C=O) groups is 1. The maximum absolute atomic E-state index is 13.5. The van der Waals surface area contributed by atoms with E-state index in [9.17, 15) is 9.18 Å². The van der Waals surface area contributed by atoms with Gasteiger partial charge in [-0.25, -0.2) is 9.18 Å². The molecule has 6 nitrogen and oxygen atoms in total. The molecule has 2 rings (SSSR count). The lowest BCUT2D eigenvalue weighted by molar-refractivity contribution is 0.0509. The van der Waals surface area contributed by atoms with Crippen LogP contribution < -0.4 is 21.3 Å². The number of rotatable bonds is 3. The number of halogens is 1. The molecule has 1 atom stereocenters. The Morgan fingerprint density at radius 2 is 2.17 bits per heavy atom. The van der Waals surface area contributed by atoms with Crippen LogP contribution in [0.2, 0.25) is 0 Å². The lowest BCUT2D eigenvalue weighted by Crippen LogP contribution is -2.40. The highest BCUT2D eigenvalue weighted by atomic mass is 32.1. The van der Waals surface area contributed by atoms with Gasteiger partial charge >= 0.3 is 6.09 Å². The first kappa shape index (κ1) is 18.3. The number of benzene rings is 1. The summed E-state index contributed by atoms with van der Waals surface area (Å²) in [6.45, 7) is 6.77. The van der Waals surface area contributed by atoms with E-state index in [0.717, 1.165) is 18.7 Å². The number of ether oxygens (including phenoxy) is 1. The Morgan fingerprint density at radius 3 is 2.79 bits per heavy atom. The Hall–Kier alpha value is -2.09. The number of nitrogens with zero attached hydrogens (tertiary/aromatic N) is 1. The fourth-order valence-electron chi connectivity index (χ4n) is 2.59. The highest BCUT2D eigenvalue weighted by Crippen LogP contribution is 2.29. The summed E-state index contributed by atoms with van der Waals surface area (Å²) >= 11 is 4.84. The van der Waals surface area contributed by atoms with E-state index in [0.29, 0.717) is 12.2 Å². The summed E-state index contributed by atoms with van der Waals surface area (Å²) < 4.78 is 18.7. The SMILES string of the molecule is CC(C)(C)OC(=O)NC1CCN(c2ccc(F)cc2NC(N)=S)C1. The minimum absolute atomic E-state index is 0.0393. The van der Waals surface area contributed by atoms with E-state index in [1.165, 1.54) is 12.1 Å². The van der Waals surface area contributed by atoms with Gasteiger partial charge in [0, 0.05) is 13.1 Å². The average molecular weight is 354 g/mol. The molecule has 1 unspecified atom stereocenters. The van der Waals surface area contributed by atoms with Gasteiger partial charge in [0.25, 0.3) is 0 Å². The number of hydrogen-bond donors (Lipinski definition) is 3. The minimum Gasteiger partial charge on any atom is -0.444 e. The predicted octanol–water partition coefficient (Wildman–Crippen LogP) is 2.58. The van der Waals surface area contributed by atoms with Crippen molar-refractivity contribution in [2.75, 3.05) is 23.3 Å². The molecule has 0 radical (unpaired) electrons. The van der Waals surface area contributed by atoms with Crippen LogP contribution in [0.1, 0.15) is 27.2 Å². The Morgan fingerprint density at radius 1 is 1.46 bits per heavy atom. The van der Waals surface area contributed by atoms with Gasteiger partial charge < -0.3 is 26.0 Å².